The first-order valence-corrected chi connectivity index (χ1v) is 6.63. The zero-order valence-corrected chi connectivity index (χ0v) is 12.6. The average molecular weight is 318 g/mol. The minimum absolute atomic E-state index is 0.0677. The Morgan fingerprint density at radius 2 is 1.85 bits per heavy atom. The van der Waals surface area contributed by atoms with E-state index in [2.05, 4.69) is 0 Å². The van der Waals surface area contributed by atoms with Gasteiger partial charge in [0.25, 0.3) is 0 Å². The fourth-order valence-corrected chi connectivity index (χ4v) is 2.66. The van der Waals surface area contributed by atoms with E-state index >= 15 is 0 Å². The molecule has 20 heavy (non-hydrogen) atoms. The van der Waals surface area contributed by atoms with Crippen molar-refractivity contribution in [3.8, 4) is 11.5 Å². The maximum atomic E-state index is 12.0. The molecule has 0 aliphatic heterocycles. The summed E-state index contributed by atoms with van der Waals surface area (Å²) in [4.78, 5) is 12.0. The molecule has 2 aromatic rings. The van der Waals surface area contributed by atoms with Gasteiger partial charge in [-0.05, 0) is 13.8 Å². The van der Waals surface area contributed by atoms with Crippen LogP contribution in [0.1, 0.15) is 23.0 Å². The minimum atomic E-state index is -0.594. The Bertz CT molecular complexity index is 721. The van der Waals surface area contributed by atoms with Gasteiger partial charge in [-0.1, -0.05) is 23.2 Å². The van der Waals surface area contributed by atoms with Crippen LogP contribution in [0.5, 0.6) is 11.5 Å². The minimum Gasteiger partial charge on any atom is -0.504 e. The molecule has 5 nitrogen and oxygen atoms in total. The van der Waals surface area contributed by atoms with Crippen LogP contribution in [0.4, 0.5) is 0 Å². The molecular weight excluding hydrogens is 305 g/mol. The van der Waals surface area contributed by atoms with Crippen molar-refractivity contribution in [1.29, 1.82) is 0 Å². The summed E-state index contributed by atoms with van der Waals surface area (Å²) in [5, 5.41) is 19.9. The molecule has 0 saturated heterocycles. The number of halogens is 2. The number of hydrogen-bond acceptors (Lipinski definition) is 4. The summed E-state index contributed by atoms with van der Waals surface area (Å²) in [5.74, 6) is -1.63. The smallest absolute Gasteiger partial charge is 0.340 e. The topological polar surface area (TPSA) is 71.7 Å². The summed E-state index contributed by atoms with van der Waals surface area (Å²) < 4.78 is 6.59. The molecule has 0 aliphatic carbocycles. The van der Waals surface area contributed by atoms with Gasteiger partial charge in [0, 0.05) is 12.7 Å². The van der Waals surface area contributed by atoms with E-state index < -0.39 is 17.5 Å². The van der Waals surface area contributed by atoms with Crippen molar-refractivity contribution in [2.45, 2.75) is 13.8 Å². The maximum absolute atomic E-state index is 12.0. The van der Waals surface area contributed by atoms with Crippen LogP contribution in [0.25, 0.3) is 10.9 Å². The number of phenols is 2. The molecule has 0 aliphatic rings. The molecular formula is C13H13Cl2NO4. The Labute approximate surface area is 125 Å². The van der Waals surface area contributed by atoms with E-state index in [-0.39, 0.29) is 27.6 Å². The molecule has 1 aromatic carbocycles. The Morgan fingerprint density at radius 3 is 2.40 bits per heavy atom. The lowest BCUT2D eigenvalue weighted by molar-refractivity contribution is 0.0527. The normalized spacial score (nSPS) is 11.1. The molecule has 7 heteroatoms. The number of phenolic OH excluding ortho intramolecular Hbond substituents is 2. The molecule has 2 rings (SSSR count). The van der Waals surface area contributed by atoms with Crippen LogP contribution < -0.4 is 0 Å². The number of aromatic nitrogens is 1. The monoisotopic (exact) mass is 317 g/mol. The quantitative estimate of drug-likeness (QED) is 0.658. The van der Waals surface area contributed by atoms with Crippen molar-refractivity contribution < 1.29 is 19.7 Å². The first-order valence-electron chi connectivity index (χ1n) is 5.87. The lowest BCUT2D eigenvalue weighted by atomic mass is 10.1. The molecule has 0 bridgehead atoms. The van der Waals surface area contributed by atoms with Gasteiger partial charge in [-0.2, -0.15) is 0 Å². The van der Waals surface area contributed by atoms with E-state index in [0.29, 0.717) is 11.2 Å². The van der Waals surface area contributed by atoms with Crippen molar-refractivity contribution >= 4 is 40.1 Å². The van der Waals surface area contributed by atoms with E-state index in [0.717, 1.165) is 0 Å². The summed E-state index contributed by atoms with van der Waals surface area (Å²) in [6, 6.07) is 0. The van der Waals surface area contributed by atoms with Gasteiger partial charge in [0.05, 0.1) is 28.1 Å². The largest absolute Gasteiger partial charge is 0.504 e. The zero-order valence-electron chi connectivity index (χ0n) is 11.1. The SMILES string of the molecule is CCOC(=O)c1c(C)n(C)c2c(Cl)c(Cl)c(O)c(O)c12. The Balaban J connectivity index is 2.97. The third kappa shape index (κ3) is 1.89. The van der Waals surface area contributed by atoms with E-state index in [9.17, 15) is 15.0 Å². The van der Waals surface area contributed by atoms with Crippen molar-refractivity contribution in [2.75, 3.05) is 6.61 Å². The van der Waals surface area contributed by atoms with Gasteiger partial charge in [0.15, 0.2) is 11.5 Å². The molecule has 0 spiro atoms. The highest BCUT2D eigenvalue weighted by Gasteiger charge is 2.28. The fraction of sp³-hybridized carbons (Fsp3) is 0.308. The number of aryl methyl sites for hydroxylation is 1. The molecule has 108 valence electrons. The molecule has 1 heterocycles. The highest BCUT2D eigenvalue weighted by molar-refractivity contribution is 6.46. The maximum Gasteiger partial charge on any atom is 0.340 e. The van der Waals surface area contributed by atoms with Crippen LogP contribution in [0, 0.1) is 6.92 Å². The second kappa shape index (κ2) is 5.07. The van der Waals surface area contributed by atoms with E-state index in [1.165, 1.54) is 0 Å². The predicted molar refractivity (Wildman–Crippen MR) is 77.0 cm³/mol. The number of ether oxygens (including phenoxy) is 1. The van der Waals surface area contributed by atoms with Crippen molar-refractivity contribution in [1.82, 2.24) is 4.57 Å². The van der Waals surface area contributed by atoms with Crippen LogP contribution in [-0.4, -0.2) is 27.4 Å². The second-order valence-corrected chi connectivity index (χ2v) is 5.04. The standard InChI is InChI=1S/C13H13Cl2NO4/c1-4-20-13(19)6-5(2)16(3)10-7(6)11(17)12(18)9(15)8(10)14/h17-18H,4H2,1-3H3. The Hall–Kier alpha value is -1.59. The Kier molecular flexibility index (Phi) is 3.75. The predicted octanol–water partition coefficient (Wildman–Crippen LogP) is 3.38. The van der Waals surface area contributed by atoms with E-state index in [4.69, 9.17) is 27.9 Å². The number of esters is 1. The first-order chi connectivity index (χ1) is 9.32. The number of benzene rings is 1. The van der Waals surface area contributed by atoms with Gasteiger partial charge < -0.3 is 19.5 Å². The summed E-state index contributed by atoms with van der Waals surface area (Å²) in [7, 11) is 1.68. The van der Waals surface area contributed by atoms with Crippen molar-refractivity contribution in [3.63, 3.8) is 0 Å². The summed E-state index contributed by atoms with van der Waals surface area (Å²) >= 11 is 12.0. The summed E-state index contributed by atoms with van der Waals surface area (Å²) in [6.45, 7) is 3.56. The average Bonchev–Trinajstić information content (AvgIpc) is 2.67. The third-order valence-electron chi connectivity index (χ3n) is 3.24. The molecule has 0 amide bonds. The number of fused-ring (bicyclic) bond motifs is 1. The summed E-state index contributed by atoms with van der Waals surface area (Å²) in [5.41, 5.74) is 1.08. The van der Waals surface area contributed by atoms with E-state index in [1.807, 2.05) is 0 Å². The number of hydrogen-bond donors (Lipinski definition) is 2. The molecule has 0 radical (unpaired) electrons. The van der Waals surface area contributed by atoms with Crippen molar-refractivity contribution in [3.05, 3.63) is 21.3 Å². The molecule has 0 atom stereocenters. The Morgan fingerprint density at radius 1 is 1.25 bits per heavy atom. The number of nitrogens with zero attached hydrogens (tertiary/aromatic N) is 1. The first kappa shape index (κ1) is 14.8. The fourth-order valence-electron chi connectivity index (χ4n) is 2.17. The zero-order chi connectivity index (χ0) is 15.2. The second-order valence-electron chi connectivity index (χ2n) is 4.29. The van der Waals surface area contributed by atoms with Gasteiger partial charge in [-0.15, -0.1) is 0 Å². The van der Waals surface area contributed by atoms with Gasteiger partial charge in [-0.25, -0.2) is 4.79 Å². The lowest BCUT2D eigenvalue weighted by Gasteiger charge is -2.07. The molecule has 1 aromatic heterocycles. The number of carbonyl (C=O) groups is 1. The number of carbonyl (C=O) groups excluding carboxylic acids is 1. The summed E-state index contributed by atoms with van der Waals surface area (Å²) in [6.07, 6.45) is 0. The molecule has 0 fully saturated rings. The highest BCUT2D eigenvalue weighted by atomic mass is 35.5. The van der Waals surface area contributed by atoms with Crippen LogP contribution in [-0.2, 0) is 11.8 Å². The van der Waals surface area contributed by atoms with Crippen molar-refractivity contribution in [2.24, 2.45) is 7.05 Å². The van der Waals surface area contributed by atoms with Crippen LogP contribution in [0.3, 0.4) is 0 Å². The molecule has 0 saturated carbocycles. The highest BCUT2D eigenvalue weighted by Crippen LogP contribution is 2.48. The van der Waals surface area contributed by atoms with Crippen LogP contribution in [0.15, 0.2) is 0 Å². The van der Waals surface area contributed by atoms with Gasteiger partial charge in [0.2, 0.25) is 0 Å². The molecule has 2 N–H and O–H groups in total. The van der Waals surface area contributed by atoms with E-state index in [1.54, 1.807) is 25.5 Å². The van der Waals surface area contributed by atoms with Gasteiger partial charge in [-0.3, -0.25) is 0 Å². The third-order valence-corrected chi connectivity index (χ3v) is 4.07. The van der Waals surface area contributed by atoms with Gasteiger partial charge in [0.1, 0.15) is 5.02 Å². The number of aromatic hydroxyl groups is 2. The molecule has 0 unspecified atom stereocenters. The lowest BCUT2D eigenvalue weighted by Crippen LogP contribution is -2.06. The van der Waals surface area contributed by atoms with Gasteiger partial charge >= 0.3 is 5.97 Å². The van der Waals surface area contributed by atoms with Crippen LogP contribution in [0.2, 0.25) is 10.0 Å². The van der Waals surface area contributed by atoms with Crippen LogP contribution >= 0.6 is 23.2 Å². The number of rotatable bonds is 2.